The number of hydrogen-bond donors (Lipinski definition) is 2. The van der Waals surface area contributed by atoms with Crippen molar-refractivity contribution < 1.29 is 8.42 Å². The first-order chi connectivity index (χ1) is 9.83. The van der Waals surface area contributed by atoms with Crippen LogP contribution < -0.4 is 10.0 Å². The molecule has 8 nitrogen and oxygen atoms in total. The summed E-state index contributed by atoms with van der Waals surface area (Å²) >= 11 is 0. The molecule has 0 radical (unpaired) electrons. The van der Waals surface area contributed by atoms with Gasteiger partial charge in [0.2, 0.25) is 0 Å². The van der Waals surface area contributed by atoms with Crippen LogP contribution in [0.5, 0.6) is 0 Å². The molecule has 1 atom stereocenters. The highest BCUT2D eigenvalue weighted by Gasteiger charge is 2.29. The Morgan fingerprint density at radius 3 is 2.62 bits per heavy atom. The molecule has 1 aliphatic heterocycles. The van der Waals surface area contributed by atoms with Crippen LogP contribution >= 0.6 is 0 Å². The number of nitrogens with zero attached hydrogens (tertiary/aromatic N) is 4. The predicted octanol–water partition coefficient (Wildman–Crippen LogP) is -0.483. The van der Waals surface area contributed by atoms with Gasteiger partial charge in [-0.05, 0) is 5.92 Å². The first-order valence-corrected chi connectivity index (χ1v) is 8.59. The zero-order chi connectivity index (χ0) is 15.6. The Bertz CT molecular complexity index is 581. The summed E-state index contributed by atoms with van der Waals surface area (Å²) in [5, 5.41) is 11.8. The van der Waals surface area contributed by atoms with Crippen molar-refractivity contribution in [3.05, 3.63) is 11.6 Å². The number of hydrogen-bond acceptors (Lipinski definition) is 5. The second-order valence-electron chi connectivity index (χ2n) is 5.75. The molecule has 2 N–H and O–H groups in total. The molecule has 2 rings (SSSR count). The van der Waals surface area contributed by atoms with Crippen molar-refractivity contribution in [2.24, 2.45) is 5.92 Å². The van der Waals surface area contributed by atoms with Crippen LogP contribution in [0.25, 0.3) is 0 Å². The number of aromatic nitrogens is 3. The van der Waals surface area contributed by atoms with Crippen molar-refractivity contribution in [3.63, 3.8) is 0 Å². The maximum atomic E-state index is 12.1. The number of rotatable bonds is 5. The standard InChI is InChI=1S/C12H24N6O2S/c1-9(2)11(16-21(19,20)17(3)4)12-15-14-10-5-6-13-7-8-18(10)12/h9,11,13,16H,5-8H2,1-4H3. The summed E-state index contributed by atoms with van der Waals surface area (Å²) in [6, 6.07) is -0.392. The molecule has 0 aliphatic carbocycles. The Labute approximate surface area is 126 Å². The zero-order valence-corrected chi connectivity index (χ0v) is 13.8. The van der Waals surface area contributed by atoms with E-state index in [0.717, 1.165) is 31.9 Å². The summed E-state index contributed by atoms with van der Waals surface area (Å²) in [5.41, 5.74) is 0. The van der Waals surface area contributed by atoms with Gasteiger partial charge in [-0.15, -0.1) is 10.2 Å². The lowest BCUT2D eigenvalue weighted by Crippen LogP contribution is -2.41. The minimum absolute atomic E-state index is 0.0734. The fraction of sp³-hybridized carbons (Fsp3) is 0.833. The molecule has 1 aromatic rings. The van der Waals surface area contributed by atoms with Crippen LogP contribution in [0.15, 0.2) is 0 Å². The van der Waals surface area contributed by atoms with Gasteiger partial charge in [-0.3, -0.25) is 0 Å². The van der Waals surface area contributed by atoms with Crippen LogP contribution in [-0.4, -0.2) is 54.7 Å². The van der Waals surface area contributed by atoms with Crippen LogP contribution in [0.2, 0.25) is 0 Å². The minimum atomic E-state index is -3.52. The molecule has 9 heteroatoms. The molecule has 0 bridgehead atoms. The molecule has 0 amide bonds. The van der Waals surface area contributed by atoms with Gasteiger partial charge in [-0.1, -0.05) is 13.8 Å². The average Bonchev–Trinajstić information content (AvgIpc) is 2.64. The largest absolute Gasteiger partial charge is 0.315 e. The lowest BCUT2D eigenvalue weighted by atomic mass is 10.1. The van der Waals surface area contributed by atoms with Gasteiger partial charge in [0.15, 0.2) is 5.82 Å². The van der Waals surface area contributed by atoms with Crippen molar-refractivity contribution in [2.75, 3.05) is 27.2 Å². The third-order valence-electron chi connectivity index (χ3n) is 3.60. The van der Waals surface area contributed by atoms with Gasteiger partial charge in [-0.25, -0.2) is 0 Å². The van der Waals surface area contributed by atoms with E-state index in [1.165, 1.54) is 18.4 Å². The van der Waals surface area contributed by atoms with Gasteiger partial charge in [0.25, 0.3) is 10.2 Å². The third-order valence-corrected chi connectivity index (χ3v) is 5.11. The topological polar surface area (TPSA) is 92.2 Å². The summed E-state index contributed by atoms with van der Waals surface area (Å²) in [6.45, 7) is 6.40. The maximum absolute atomic E-state index is 12.1. The number of fused-ring (bicyclic) bond motifs is 1. The van der Waals surface area contributed by atoms with Crippen LogP contribution in [0, 0.1) is 5.92 Å². The van der Waals surface area contributed by atoms with E-state index in [4.69, 9.17) is 0 Å². The minimum Gasteiger partial charge on any atom is -0.315 e. The monoisotopic (exact) mass is 316 g/mol. The molecule has 120 valence electrons. The van der Waals surface area contributed by atoms with E-state index in [0.29, 0.717) is 5.82 Å². The van der Waals surface area contributed by atoms with E-state index in [1.54, 1.807) is 0 Å². The Morgan fingerprint density at radius 2 is 2.00 bits per heavy atom. The molecular formula is C12H24N6O2S. The highest BCUT2D eigenvalue weighted by Crippen LogP contribution is 2.22. The summed E-state index contributed by atoms with van der Waals surface area (Å²) in [7, 11) is -0.502. The fourth-order valence-corrected chi connectivity index (χ4v) is 3.19. The molecule has 1 unspecified atom stereocenters. The SMILES string of the molecule is CC(C)C(NS(=O)(=O)N(C)C)c1nnc2n1CCNCC2. The first-order valence-electron chi connectivity index (χ1n) is 7.15. The first kappa shape index (κ1) is 16.3. The Morgan fingerprint density at radius 1 is 1.29 bits per heavy atom. The van der Waals surface area contributed by atoms with Crippen molar-refractivity contribution in [3.8, 4) is 0 Å². The van der Waals surface area contributed by atoms with Gasteiger partial charge in [0.05, 0.1) is 6.04 Å². The lowest BCUT2D eigenvalue weighted by molar-refractivity contribution is 0.408. The molecule has 0 saturated heterocycles. The van der Waals surface area contributed by atoms with E-state index >= 15 is 0 Å². The van der Waals surface area contributed by atoms with Gasteiger partial charge in [-0.2, -0.15) is 17.4 Å². The van der Waals surface area contributed by atoms with Crippen LogP contribution in [0.3, 0.4) is 0 Å². The number of nitrogens with one attached hydrogen (secondary N) is 2. The van der Waals surface area contributed by atoms with Crippen molar-refractivity contribution in [1.82, 2.24) is 29.1 Å². The maximum Gasteiger partial charge on any atom is 0.279 e. The Balaban J connectivity index is 2.34. The van der Waals surface area contributed by atoms with Gasteiger partial charge < -0.3 is 9.88 Å². The second kappa shape index (κ2) is 6.39. The molecule has 21 heavy (non-hydrogen) atoms. The van der Waals surface area contributed by atoms with Crippen LogP contribution in [-0.2, 0) is 23.2 Å². The Kier molecular flexibility index (Phi) is 4.97. The van der Waals surface area contributed by atoms with Crippen molar-refractivity contribution in [2.45, 2.75) is 32.9 Å². The van der Waals surface area contributed by atoms with Gasteiger partial charge in [0, 0.05) is 40.2 Å². The van der Waals surface area contributed by atoms with E-state index in [2.05, 4.69) is 20.2 Å². The normalized spacial score (nSPS) is 17.8. The van der Waals surface area contributed by atoms with E-state index in [1.807, 2.05) is 18.4 Å². The van der Waals surface area contributed by atoms with Gasteiger partial charge >= 0.3 is 0 Å². The van der Waals surface area contributed by atoms with Crippen molar-refractivity contribution >= 4 is 10.2 Å². The molecule has 1 aliphatic rings. The summed E-state index contributed by atoms with van der Waals surface area (Å²) in [4.78, 5) is 0. The molecule has 0 aromatic carbocycles. The van der Waals surface area contributed by atoms with Crippen molar-refractivity contribution in [1.29, 1.82) is 0 Å². The lowest BCUT2D eigenvalue weighted by Gasteiger charge is -2.24. The quantitative estimate of drug-likeness (QED) is 0.765. The van der Waals surface area contributed by atoms with E-state index in [9.17, 15) is 8.42 Å². The third kappa shape index (κ3) is 3.60. The van der Waals surface area contributed by atoms with Gasteiger partial charge in [0.1, 0.15) is 5.82 Å². The second-order valence-corrected chi connectivity index (χ2v) is 7.67. The van der Waals surface area contributed by atoms with E-state index < -0.39 is 16.3 Å². The Hall–Kier alpha value is -1.03. The highest BCUT2D eigenvalue weighted by atomic mass is 32.2. The molecular weight excluding hydrogens is 292 g/mol. The molecule has 0 saturated carbocycles. The molecule has 0 fully saturated rings. The predicted molar refractivity (Wildman–Crippen MR) is 79.9 cm³/mol. The fourth-order valence-electron chi connectivity index (χ4n) is 2.28. The van der Waals surface area contributed by atoms with Crippen LogP contribution in [0.1, 0.15) is 31.5 Å². The summed E-state index contributed by atoms with van der Waals surface area (Å²) in [5.74, 6) is 1.67. The van der Waals surface area contributed by atoms with E-state index in [-0.39, 0.29) is 5.92 Å². The summed E-state index contributed by atoms with van der Waals surface area (Å²) < 4.78 is 30.2. The van der Waals surface area contributed by atoms with Crippen LogP contribution in [0.4, 0.5) is 0 Å². The average molecular weight is 316 g/mol. The molecule has 2 heterocycles. The highest BCUT2D eigenvalue weighted by molar-refractivity contribution is 7.87. The molecule has 1 aromatic heterocycles. The molecule has 0 spiro atoms. The summed E-state index contributed by atoms with van der Waals surface area (Å²) in [6.07, 6.45) is 0.804. The smallest absolute Gasteiger partial charge is 0.279 e. The zero-order valence-electron chi connectivity index (χ0n) is 13.0.